The van der Waals surface area contributed by atoms with Crippen molar-refractivity contribution in [2.75, 3.05) is 21.3 Å². The zero-order valence-corrected chi connectivity index (χ0v) is 15.4. The van der Waals surface area contributed by atoms with Gasteiger partial charge in [0.2, 0.25) is 9.84 Å². The van der Waals surface area contributed by atoms with E-state index in [1.807, 2.05) is 0 Å². The summed E-state index contributed by atoms with van der Waals surface area (Å²) < 4.78 is 41.2. The topological polar surface area (TPSA) is 105 Å². The van der Waals surface area contributed by atoms with E-state index >= 15 is 0 Å². The van der Waals surface area contributed by atoms with Crippen molar-refractivity contribution in [2.24, 2.45) is 5.73 Å². The molecular formula is C18H19NO6S. The summed E-state index contributed by atoms with van der Waals surface area (Å²) in [6.07, 6.45) is 1.15. The molecule has 0 aliphatic rings. The van der Waals surface area contributed by atoms with Crippen molar-refractivity contribution < 1.29 is 27.4 Å². The first kappa shape index (κ1) is 19.3. The van der Waals surface area contributed by atoms with Crippen LogP contribution in [0.4, 0.5) is 0 Å². The molecule has 2 N–H and O–H groups in total. The quantitative estimate of drug-likeness (QED) is 0.740. The summed E-state index contributed by atoms with van der Waals surface area (Å²) in [6, 6.07) is 10.6. The maximum absolute atomic E-state index is 12.9. The maximum atomic E-state index is 12.9. The highest BCUT2D eigenvalue weighted by molar-refractivity contribution is 7.96. The highest BCUT2D eigenvalue weighted by Crippen LogP contribution is 2.32. The molecule has 0 aliphatic heterocycles. The molecular weight excluding hydrogens is 358 g/mol. The average Bonchev–Trinajstić information content (AvgIpc) is 2.65. The van der Waals surface area contributed by atoms with Crippen molar-refractivity contribution in [3.8, 4) is 17.2 Å². The molecule has 0 saturated carbocycles. The Morgan fingerprint density at radius 3 is 1.88 bits per heavy atom. The Morgan fingerprint density at radius 2 is 1.46 bits per heavy atom. The SMILES string of the molecule is COc1ccc(S(=O)(=O)/C(=C/c2c(OC)cccc2OC)C(N)=O)cc1. The molecule has 0 saturated heterocycles. The predicted molar refractivity (Wildman–Crippen MR) is 96.9 cm³/mol. The van der Waals surface area contributed by atoms with Crippen molar-refractivity contribution in [1.29, 1.82) is 0 Å². The number of hydrogen-bond donors (Lipinski definition) is 1. The van der Waals surface area contributed by atoms with Crippen LogP contribution in [0, 0.1) is 0 Å². The van der Waals surface area contributed by atoms with Crippen molar-refractivity contribution in [3.63, 3.8) is 0 Å². The molecule has 0 radical (unpaired) electrons. The molecule has 0 aliphatic carbocycles. The summed E-state index contributed by atoms with van der Waals surface area (Å²) in [4.78, 5) is 11.3. The van der Waals surface area contributed by atoms with Crippen LogP contribution in [0.5, 0.6) is 17.2 Å². The lowest BCUT2D eigenvalue weighted by atomic mass is 10.1. The van der Waals surface area contributed by atoms with Crippen LogP contribution in [0.2, 0.25) is 0 Å². The summed E-state index contributed by atoms with van der Waals surface area (Å²) >= 11 is 0. The Hall–Kier alpha value is -3.00. The van der Waals surface area contributed by atoms with E-state index in [1.54, 1.807) is 18.2 Å². The summed E-state index contributed by atoms with van der Waals surface area (Å²) in [6.45, 7) is 0. The predicted octanol–water partition coefficient (Wildman–Crippen LogP) is 2.01. The van der Waals surface area contributed by atoms with Gasteiger partial charge in [-0.15, -0.1) is 0 Å². The summed E-state index contributed by atoms with van der Waals surface area (Å²) in [5.74, 6) is 0.0785. The number of nitrogens with two attached hydrogens (primary N) is 1. The third-order valence-electron chi connectivity index (χ3n) is 3.64. The second kappa shape index (κ2) is 7.92. The highest BCUT2D eigenvalue weighted by atomic mass is 32.2. The number of carbonyl (C=O) groups excluding carboxylic acids is 1. The highest BCUT2D eigenvalue weighted by Gasteiger charge is 2.26. The molecule has 2 aromatic rings. The molecule has 138 valence electrons. The van der Waals surface area contributed by atoms with Gasteiger partial charge in [0.05, 0.1) is 31.8 Å². The standard InChI is InChI=1S/C18H19NO6S/c1-23-12-7-9-13(10-8-12)26(21,22)17(18(19)20)11-14-15(24-2)5-4-6-16(14)25-3/h4-11H,1-3H3,(H2,19,20)/b17-11+. The van der Waals surface area contributed by atoms with E-state index < -0.39 is 20.6 Å². The van der Waals surface area contributed by atoms with Crippen LogP contribution in [0.15, 0.2) is 52.3 Å². The first-order chi connectivity index (χ1) is 12.3. The maximum Gasteiger partial charge on any atom is 0.260 e. The lowest BCUT2D eigenvalue weighted by molar-refractivity contribution is -0.113. The van der Waals surface area contributed by atoms with Crippen LogP contribution >= 0.6 is 0 Å². The third-order valence-corrected chi connectivity index (χ3v) is 5.43. The number of methoxy groups -OCH3 is 3. The minimum absolute atomic E-state index is 0.0859. The second-order valence-corrected chi connectivity index (χ2v) is 7.05. The van der Waals surface area contributed by atoms with Gasteiger partial charge in [-0.05, 0) is 42.5 Å². The molecule has 26 heavy (non-hydrogen) atoms. The van der Waals surface area contributed by atoms with Gasteiger partial charge in [0.25, 0.3) is 5.91 Å². The van der Waals surface area contributed by atoms with Crippen LogP contribution in [0.25, 0.3) is 6.08 Å². The number of carbonyl (C=O) groups is 1. The third kappa shape index (κ3) is 3.80. The summed E-state index contributed by atoms with van der Waals surface area (Å²) in [5, 5.41) is 0. The van der Waals surface area contributed by atoms with Gasteiger partial charge in [-0.1, -0.05) is 6.07 Å². The fraction of sp³-hybridized carbons (Fsp3) is 0.167. The molecule has 1 amide bonds. The van der Waals surface area contributed by atoms with Gasteiger partial charge in [-0.3, -0.25) is 4.79 Å². The lowest BCUT2D eigenvalue weighted by Gasteiger charge is -2.12. The number of amides is 1. The van der Waals surface area contributed by atoms with Crippen molar-refractivity contribution in [2.45, 2.75) is 4.90 Å². The van der Waals surface area contributed by atoms with Crippen molar-refractivity contribution in [1.82, 2.24) is 0 Å². The minimum atomic E-state index is -4.15. The van der Waals surface area contributed by atoms with E-state index in [-0.39, 0.29) is 4.90 Å². The average molecular weight is 377 g/mol. The van der Waals surface area contributed by atoms with E-state index in [2.05, 4.69) is 0 Å². The van der Waals surface area contributed by atoms with Crippen LogP contribution in [-0.2, 0) is 14.6 Å². The number of primary amides is 1. The minimum Gasteiger partial charge on any atom is -0.497 e. The van der Waals surface area contributed by atoms with E-state index in [1.165, 1.54) is 45.6 Å². The van der Waals surface area contributed by atoms with Gasteiger partial charge in [0, 0.05) is 0 Å². The van der Waals surface area contributed by atoms with Crippen LogP contribution in [-0.4, -0.2) is 35.7 Å². The largest absolute Gasteiger partial charge is 0.497 e. The summed E-state index contributed by atoms with van der Waals surface area (Å²) in [7, 11) is 0.160. The van der Waals surface area contributed by atoms with Gasteiger partial charge >= 0.3 is 0 Å². The van der Waals surface area contributed by atoms with E-state index in [0.717, 1.165) is 6.08 Å². The van der Waals surface area contributed by atoms with E-state index in [4.69, 9.17) is 19.9 Å². The lowest BCUT2D eigenvalue weighted by Crippen LogP contribution is -2.21. The number of rotatable bonds is 7. The van der Waals surface area contributed by atoms with E-state index in [9.17, 15) is 13.2 Å². The number of benzene rings is 2. The van der Waals surface area contributed by atoms with Gasteiger partial charge < -0.3 is 19.9 Å². The number of hydrogen-bond acceptors (Lipinski definition) is 6. The fourth-order valence-corrected chi connectivity index (χ4v) is 3.60. The Morgan fingerprint density at radius 1 is 0.923 bits per heavy atom. The van der Waals surface area contributed by atoms with E-state index in [0.29, 0.717) is 22.8 Å². The molecule has 2 rings (SSSR count). The number of ether oxygens (including phenoxy) is 3. The monoisotopic (exact) mass is 377 g/mol. The fourth-order valence-electron chi connectivity index (χ4n) is 2.32. The van der Waals surface area contributed by atoms with Crippen LogP contribution in [0.3, 0.4) is 0 Å². The normalized spacial score (nSPS) is 11.7. The Balaban J connectivity index is 2.66. The first-order valence-corrected chi connectivity index (χ1v) is 8.95. The molecule has 8 heteroatoms. The Kier molecular flexibility index (Phi) is 5.89. The second-order valence-electron chi connectivity index (χ2n) is 5.13. The van der Waals surface area contributed by atoms with Gasteiger partial charge in [0.1, 0.15) is 22.2 Å². The van der Waals surface area contributed by atoms with Gasteiger partial charge in [-0.25, -0.2) is 8.42 Å². The zero-order valence-electron chi connectivity index (χ0n) is 14.6. The van der Waals surface area contributed by atoms with Crippen LogP contribution in [0.1, 0.15) is 5.56 Å². The Bertz CT molecular complexity index is 910. The summed E-state index contributed by atoms with van der Waals surface area (Å²) in [5.41, 5.74) is 5.65. The molecule has 0 spiro atoms. The smallest absolute Gasteiger partial charge is 0.260 e. The molecule has 0 heterocycles. The zero-order chi connectivity index (χ0) is 19.3. The molecule has 7 nitrogen and oxygen atoms in total. The van der Waals surface area contributed by atoms with Gasteiger partial charge in [-0.2, -0.15) is 0 Å². The molecule has 0 bridgehead atoms. The number of sulfone groups is 1. The first-order valence-electron chi connectivity index (χ1n) is 7.46. The molecule has 0 aromatic heterocycles. The molecule has 0 atom stereocenters. The molecule has 0 fully saturated rings. The van der Waals surface area contributed by atoms with Gasteiger partial charge in [0.15, 0.2) is 0 Å². The molecule has 2 aromatic carbocycles. The molecule has 0 unspecified atom stereocenters. The van der Waals surface area contributed by atoms with Crippen molar-refractivity contribution in [3.05, 3.63) is 52.9 Å². The Labute approximate surface area is 151 Å². The van der Waals surface area contributed by atoms with Crippen LogP contribution < -0.4 is 19.9 Å². The van der Waals surface area contributed by atoms with Crippen molar-refractivity contribution >= 4 is 21.8 Å².